The Morgan fingerprint density at radius 2 is 1.60 bits per heavy atom. The van der Waals surface area contributed by atoms with E-state index < -0.39 is 28.5 Å². The van der Waals surface area contributed by atoms with Crippen molar-refractivity contribution in [1.82, 2.24) is 10.2 Å². The molecule has 1 saturated carbocycles. The number of sulfonamides is 1. The third kappa shape index (κ3) is 8.42. The molecule has 0 aliphatic heterocycles. The normalized spacial score (nSPS) is 14.3. The Morgan fingerprint density at radius 3 is 2.22 bits per heavy atom. The molecule has 0 unspecified atom stereocenters. The Kier molecular flexibility index (Phi) is 12.0. The number of rotatable bonds is 13. The summed E-state index contributed by atoms with van der Waals surface area (Å²) in [5.74, 6) is -0.152. The molecule has 0 aromatic heterocycles. The Bertz CT molecular complexity index is 1580. The minimum atomic E-state index is -4.24. The molecule has 12 heteroatoms. The van der Waals surface area contributed by atoms with Crippen molar-refractivity contribution in [3.05, 3.63) is 82.3 Å². The lowest BCUT2D eigenvalue weighted by molar-refractivity contribution is -0.140. The summed E-state index contributed by atoms with van der Waals surface area (Å²) in [5, 5.41) is 3.80. The van der Waals surface area contributed by atoms with Crippen molar-refractivity contribution in [1.29, 1.82) is 0 Å². The number of halogens is 2. The molecule has 4 rings (SSSR count). The monoisotopic (exact) mass is 675 g/mol. The average Bonchev–Trinajstić information content (AvgIpc) is 3.05. The summed E-state index contributed by atoms with van der Waals surface area (Å²) in [7, 11) is -1.32. The summed E-state index contributed by atoms with van der Waals surface area (Å²) in [6.07, 6.45) is 5.27. The highest BCUT2D eigenvalue weighted by molar-refractivity contribution is 7.92. The standard InChI is InChI=1S/C33H39Cl2N3O6S/c1-4-29(33(40)36-24-11-7-5-8-12-24)37(21-23-15-17-27(34)28(35)19-23)32(39)22-38(45(41,42)26-13-9-6-10-14-26)25-16-18-30(43-2)31(20-25)44-3/h6,9-10,13-20,24,29H,4-5,7-8,11-12,21-22H2,1-3H3,(H,36,40)/t29-/m0/s1. The number of ether oxygens (including phenoxy) is 2. The van der Waals surface area contributed by atoms with Crippen LogP contribution in [0.1, 0.15) is 51.0 Å². The predicted molar refractivity (Wildman–Crippen MR) is 177 cm³/mol. The van der Waals surface area contributed by atoms with E-state index in [4.69, 9.17) is 32.7 Å². The van der Waals surface area contributed by atoms with E-state index in [2.05, 4.69) is 5.32 Å². The Hall–Kier alpha value is -3.47. The molecule has 242 valence electrons. The van der Waals surface area contributed by atoms with E-state index in [-0.39, 0.29) is 29.1 Å². The fraction of sp³-hybridized carbons (Fsp3) is 0.394. The Balaban J connectivity index is 1.75. The number of benzene rings is 3. The van der Waals surface area contributed by atoms with Gasteiger partial charge in [-0.25, -0.2) is 8.42 Å². The van der Waals surface area contributed by atoms with Crippen LogP contribution in [-0.4, -0.2) is 58.0 Å². The molecule has 3 aromatic rings. The molecule has 1 fully saturated rings. The zero-order valence-electron chi connectivity index (χ0n) is 25.7. The van der Waals surface area contributed by atoms with Crippen LogP contribution < -0.4 is 19.1 Å². The molecule has 0 spiro atoms. The molecule has 45 heavy (non-hydrogen) atoms. The van der Waals surface area contributed by atoms with Crippen LogP contribution in [0.5, 0.6) is 11.5 Å². The third-order valence-corrected chi connectivity index (χ3v) is 10.5. The van der Waals surface area contributed by atoms with Gasteiger partial charge in [0, 0.05) is 18.7 Å². The number of hydrogen-bond acceptors (Lipinski definition) is 6. The van der Waals surface area contributed by atoms with E-state index in [1.165, 1.54) is 37.3 Å². The molecule has 0 bridgehead atoms. The van der Waals surface area contributed by atoms with Gasteiger partial charge in [-0.2, -0.15) is 0 Å². The van der Waals surface area contributed by atoms with Crippen LogP contribution in [0.2, 0.25) is 10.0 Å². The van der Waals surface area contributed by atoms with E-state index in [0.717, 1.165) is 36.4 Å². The molecular formula is C33H39Cl2N3O6S. The molecule has 0 heterocycles. The van der Waals surface area contributed by atoms with Crippen LogP contribution in [0.4, 0.5) is 5.69 Å². The smallest absolute Gasteiger partial charge is 0.264 e. The molecule has 0 saturated heterocycles. The number of nitrogens with zero attached hydrogens (tertiary/aromatic N) is 2. The second-order valence-electron chi connectivity index (χ2n) is 10.9. The number of amides is 2. The van der Waals surface area contributed by atoms with Crippen molar-refractivity contribution >= 4 is 50.7 Å². The average molecular weight is 677 g/mol. The number of hydrogen-bond donors (Lipinski definition) is 1. The summed E-state index contributed by atoms with van der Waals surface area (Å²) in [6.45, 7) is 1.26. The first-order valence-electron chi connectivity index (χ1n) is 14.9. The van der Waals surface area contributed by atoms with Gasteiger partial charge in [-0.05, 0) is 61.2 Å². The van der Waals surface area contributed by atoms with Crippen LogP contribution in [0.3, 0.4) is 0 Å². The van der Waals surface area contributed by atoms with Gasteiger partial charge in [0.15, 0.2) is 11.5 Å². The largest absolute Gasteiger partial charge is 0.493 e. The zero-order valence-corrected chi connectivity index (χ0v) is 28.0. The van der Waals surface area contributed by atoms with Crippen LogP contribution >= 0.6 is 23.2 Å². The highest BCUT2D eigenvalue weighted by atomic mass is 35.5. The minimum Gasteiger partial charge on any atom is -0.493 e. The van der Waals surface area contributed by atoms with E-state index in [1.807, 2.05) is 6.92 Å². The van der Waals surface area contributed by atoms with Crippen LogP contribution in [-0.2, 0) is 26.2 Å². The second-order valence-corrected chi connectivity index (χ2v) is 13.6. The fourth-order valence-electron chi connectivity index (χ4n) is 5.53. The number of anilines is 1. The molecule has 1 N–H and O–H groups in total. The van der Waals surface area contributed by atoms with Gasteiger partial charge in [-0.1, -0.05) is 73.7 Å². The summed E-state index contributed by atoms with van der Waals surface area (Å²) in [4.78, 5) is 29.5. The van der Waals surface area contributed by atoms with Crippen molar-refractivity contribution < 1.29 is 27.5 Å². The molecular weight excluding hydrogens is 637 g/mol. The molecule has 3 aromatic carbocycles. The van der Waals surface area contributed by atoms with Crippen LogP contribution in [0, 0.1) is 0 Å². The van der Waals surface area contributed by atoms with Gasteiger partial charge in [0.2, 0.25) is 11.8 Å². The van der Waals surface area contributed by atoms with Gasteiger partial charge < -0.3 is 19.7 Å². The summed E-state index contributed by atoms with van der Waals surface area (Å²) >= 11 is 12.5. The molecule has 1 aliphatic rings. The zero-order chi connectivity index (χ0) is 32.6. The van der Waals surface area contributed by atoms with Gasteiger partial charge in [0.05, 0.1) is 34.8 Å². The molecule has 2 amide bonds. The Labute approximate surface area is 275 Å². The van der Waals surface area contributed by atoms with Gasteiger partial charge in [-0.3, -0.25) is 13.9 Å². The van der Waals surface area contributed by atoms with Crippen molar-refractivity contribution in [2.24, 2.45) is 0 Å². The molecule has 0 radical (unpaired) electrons. The quantitative estimate of drug-likeness (QED) is 0.223. The van der Waals surface area contributed by atoms with E-state index in [1.54, 1.807) is 48.5 Å². The first-order chi connectivity index (χ1) is 21.6. The van der Waals surface area contributed by atoms with E-state index in [0.29, 0.717) is 33.5 Å². The van der Waals surface area contributed by atoms with Gasteiger partial charge in [0.1, 0.15) is 12.6 Å². The fourth-order valence-corrected chi connectivity index (χ4v) is 7.27. The van der Waals surface area contributed by atoms with Crippen molar-refractivity contribution in [2.45, 2.75) is 69.0 Å². The molecule has 9 nitrogen and oxygen atoms in total. The van der Waals surface area contributed by atoms with Crippen molar-refractivity contribution in [3.8, 4) is 11.5 Å². The van der Waals surface area contributed by atoms with Crippen LogP contribution in [0.25, 0.3) is 0 Å². The van der Waals surface area contributed by atoms with Crippen LogP contribution in [0.15, 0.2) is 71.6 Å². The number of methoxy groups -OCH3 is 2. The predicted octanol–water partition coefficient (Wildman–Crippen LogP) is 6.46. The minimum absolute atomic E-state index is 0.00528. The highest BCUT2D eigenvalue weighted by Crippen LogP contribution is 2.34. The SMILES string of the molecule is CC[C@@H](C(=O)NC1CCCCC1)N(Cc1ccc(Cl)c(Cl)c1)C(=O)CN(c1ccc(OC)c(OC)c1)S(=O)(=O)c1ccccc1. The first kappa shape index (κ1) is 34.4. The van der Waals surface area contributed by atoms with Gasteiger partial charge in [0.25, 0.3) is 10.0 Å². The lowest BCUT2D eigenvalue weighted by Gasteiger charge is -2.34. The molecule has 1 atom stereocenters. The Morgan fingerprint density at radius 1 is 0.911 bits per heavy atom. The van der Waals surface area contributed by atoms with Gasteiger partial charge in [-0.15, -0.1) is 0 Å². The summed E-state index contributed by atoms with van der Waals surface area (Å²) in [5.41, 5.74) is 0.837. The maximum absolute atomic E-state index is 14.4. The number of carbonyl (C=O) groups is 2. The topological polar surface area (TPSA) is 105 Å². The van der Waals surface area contributed by atoms with E-state index >= 15 is 0 Å². The lowest BCUT2D eigenvalue weighted by atomic mass is 9.95. The first-order valence-corrected chi connectivity index (χ1v) is 17.1. The van der Waals surface area contributed by atoms with Gasteiger partial charge >= 0.3 is 0 Å². The maximum atomic E-state index is 14.4. The second kappa shape index (κ2) is 15.7. The van der Waals surface area contributed by atoms with Crippen molar-refractivity contribution in [3.63, 3.8) is 0 Å². The van der Waals surface area contributed by atoms with E-state index in [9.17, 15) is 18.0 Å². The summed E-state index contributed by atoms with van der Waals surface area (Å²) in [6, 6.07) is 16.7. The lowest BCUT2D eigenvalue weighted by Crippen LogP contribution is -2.54. The number of carbonyl (C=O) groups excluding carboxylic acids is 2. The maximum Gasteiger partial charge on any atom is 0.264 e. The highest BCUT2D eigenvalue weighted by Gasteiger charge is 2.35. The number of nitrogens with one attached hydrogen (secondary N) is 1. The van der Waals surface area contributed by atoms with Crippen molar-refractivity contribution in [2.75, 3.05) is 25.1 Å². The summed E-state index contributed by atoms with van der Waals surface area (Å²) < 4.78 is 40.0. The third-order valence-electron chi connectivity index (χ3n) is 7.94. The molecule has 1 aliphatic carbocycles.